The van der Waals surface area contributed by atoms with Crippen molar-refractivity contribution in [3.63, 3.8) is 0 Å². The van der Waals surface area contributed by atoms with E-state index in [0.717, 1.165) is 37.8 Å². The normalized spacial score (nSPS) is 15.4. The zero-order valence-electron chi connectivity index (χ0n) is 10.5. The van der Waals surface area contributed by atoms with Gasteiger partial charge in [-0.3, -0.25) is 0 Å². The van der Waals surface area contributed by atoms with Crippen LogP contribution in [0.15, 0.2) is 12.1 Å². The number of nitrogens with two attached hydrogens (primary N) is 1. The maximum absolute atomic E-state index is 10.0. The summed E-state index contributed by atoms with van der Waals surface area (Å²) in [5, 5.41) is 10.0. The fraction of sp³-hybridized carbons (Fsp3) is 0.600. The maximum atomic E-state index is 10.0. The Kier molecular flexibility index (Phi) is 4.43. The van der Waals surface area contributed by atoms with Gasteiger partial charge in [0.05, 0.1) is 0 Å². The lowest BCUT2D eigenvalue weighted by Gasteiger charge is -2.11. The summed E-state index contributed by atoms with van der Waals surface area (Å²) < 4.78 is 0. The Morgan fingerprint density at radius 3 is 2.41 bits per heavy atom. The average Bonchev–Trinajstić information content (AvgIpc) is 2.54. The molecule has 0 aromatic heterocycles. The lowest BCUT2D eigenvalue weighted by molar-refractivity contribution is 0.465. The molecule has 1 aromatic rings. The minimum Gasteiger partial charge on any atom is -0.508 e. The minimum atomic E-state index is 0.489. The second-order valence-electron chi connectivity index (χ2n) is 5.06. The molecule has 2 heteroatoms. The molecule has 0 radical (unpaired) electrons. The van der Waals surface area contributed by atoms with Crippen molar-refractivity contribution in [1.82, 2.24) is 0 Å². The van der Waals surface area contributed by atoms with Crippen molar-refractivity contribution in [3.8, 4) is 5.75 Å². The van der Waals surface area contributed by atoms with E-state index in [1.807, 2.05) is 6.07 Å². The van der Waals surface area contributed by atoms with E-state index in [1.54, 1.807) is 0 Å². The summed E-state index contributed by atoms with van der Waals surface area (Å²) in [5.74, 6) is 0.489. The molecule has 1 aliphatic carbocycles. The first-order valence-corrected chi connectivity index (χ1v) is 6.85. The number of benzene rings is 1. The quantitative estimate of drug-likeness (QED) is 0.620. The molecule has 0 amide bonds. The monoisotopic (exact) mass is 233 g/mol. The number of fused-ring (bicyclic) bond motifs is 1. The van der Waals surface area contributed by atoms with Gasteiger partial charge in [-0.05, 0) is 74.2 Å². The highest BCUT2D eigenvalue weighted by atomic mass is 16.3. The summed E-state index contributed by atoms with van der Waals surface area (Å²) >= 11 is 0. The van der Waals surface area contributed by atoms with E-state index >= 15 is 0 Å². The molecule has 0 heterocycles. The molecule has 0 spiro atoms. The van der Waals surface area contributed by atoms with Crippen LogP contribution in [0.1, 0.15) is 48.8 Å². The van der Waals surface area contributed by atoms with Crippen LogP contribution >= 0.6 is 0 Å². The van der Waals surface area contributed by atoms with Crippen LogP contribution in [0.2, 0.25) is 0 Å². The Balaban J connectivity index is 2.14. The van der Waals surface area contributed by atoms with E-state index in [2.05, 4.69) is 6.07 Å². The van der Waals surface area contributed by atoms with E-state index in [0.29, 0.717) is 5.75 Å². The third-order valence-electron chi connectivity index (χ3n) is 3.69. The largest absolute Gasteiger partial charge is 0.508 e. The van der Waals surface area contributed by atoms with Gasteiger partial charge in [0.25, 0.3) is 0 Å². The molecule has 17 heavy (non-hydrogen) atoms. The van der Waals surface area contributed by atoms with E-state index in [4.69, 9.17) is 5.73 Å². The Morgan fingerprint density at radius 2 is 1.71 bits per heavy atom. The molecule has 1 aromatic carbocycles. The van der Waals surface area contributed by atoms with Crippen LogP contribution in [0, 0.1) is 0 Å². The van der Waals surface area contributed by atoms with Crippen molar-refractivity contribution in [2.45, 2.75) is 51.4 Å². The average molecular weight is 233 g/mol. The van der Waals surface area contributed by atoms with Crippen LogP contribution < -0.4 is 5.73 Å². The van der Waals surface area contributed by atoms with E-state index < -0.39 is 0 Å². The van der Waals surface area contributed by atoms with Crippen LogP contribution in [-0.4, -0.2) is 11.7 Å². The molecule has 0 atom stereocenters. The number of aromatic hydroxyl groups is 1. The number of rotatable bonds is 4. The van der Waals surface area contributed by atoms with Gasteiger partial charge in [0.1, 0.15) is 5.75 Å². The molecular formula is C15H23NO. The van der Waals surface area contributed by atoms with Crippen molar-refractivity contribution >= 4 is 0 Å². The summed E-state index contributed by atoms with van der Waals surface area (Å²) in [5.41, 5.74) is 9.43. The van der Waals surface area contributed by atoms with Gasteiger partial charge in [-0.15, -0.1) is 0 Å². The highest BCUT2D eigenvalue weighted by Gasteiger charge is 2.11. The van der Waals surface area contributed by atoms with Crippen LogP contribution in [-0.2, 0) is 19.3 Å². The summed E-state index contributed by atoms with van der Waals surface area (Å²) in [4.78, 5) is 0. The van der Waals surface area contributed by atoms with Crippen molar-refractivity contribution in [2.75, 3.05) is 6.54 Å². The summed E-state index contributed by atoms with van der Waals surface area (Å²) in [6, 6.07) is 4.23. The van der Waals surface area contributed by atoms with E-state index in [9.17, 15) is 5.11 Å². The number of phenols is 1. The zero-order valence-corrected chi connectivity index (χ0v) is 10.5. The SMILES string of the molecule is NCCCCc1cc2c(cc1O)CCCCC2. The second kappa shape index (κ2) is 6.06. The first kappa shape index (κ1) is 12.4. The third kappa shape index (κ3) is 3.22. The highest BCUT2D eigenvalue weighted by molar-refractivity contribution is 5.42. The number of aryl methyl sites for hydroxylation is 3. The summed E-state index contributed by atoms with van der Waals surface area (Å²) in [7, 11) is 0. The first-order valence-electron chi connectivity index (χ1n) is 6.85. The molecule has 0 saturated carbocycles. The molecular weight excluding hydrogens is 210 g/mol. The molecule has 2 nitrogen and oxygen atoms in total. The third-order valence-corrected chi connectivity index (χ3v) is 3.69. The van der Waals surface area contributed by atoms with Gasteiger partial charge >= 0.3 is 0 Å². The van der Waals surface area contributed by atoms with Crippen molar-refractivity contribution in [2.24, 2.45) is 5.73 Å². The number of phenolic OH excluding ortho intramolecular Hbond substituents is 1. The van der Waals surface area contributed by atoms with Crippen LogP contribution in [0.5, 0.6) is 5.75 Å². The van der Waals surface area contributed by atoms with Crippen molar-refractivity contribution in [3.05, 3.63) is 28.8 Å². The Labute approximate surface area is 104 Å². The minimum absolute atomic E-state index is 0.489. The number of hydrogen-bond acceptors (Lipinski definition) is 2. The van der Waals surface area contributed by atoms with Gasteiger partial charge in [0, 0.05) is 0 Å². The maximum Gasteiger partial charge on any atom is 0.119 e. The van der Waals surface area contributed by atoms with Crippen LogP contribution in [0.25, 0.3) is 0 Å². The second-order valence-corrected chi connectivity index (χ2v) is 5.06. The number of unbranched alkanes of at least 4 members (excludes halogenated alkanes) is 1. The summed E-state index contributed by atoms with van der Waals surface area (Å²) in [6.45, 7) is 0.742. The van der Waals surface area contributed by atoms with Gasteiger partial charge in [0.15, 0.2) is 0 Å². The van der Waals surface area contributed by atoms with E-state index in [1.165, 1.54) is 36.8 Å². The molecule has 0 saturated heterocycles. The first-order chi connectivity index (χ1) is 8.31. The molecule has 3 N–H and O–H groups in total. The molecule has 2 rings (SSSR count). The lowest BCUT2D eigenvalue weighted by Crippen LogP contribution is -2.00. The highest BCUT2D eigenvalue weighted by Crippen LogP contribution is 2.28. The molecule has 0 bridgehead atoms. The van der Waals surface area contributed by atoms with Gasteiger partial charge in [-0.1, -0.05) is 12.5 Å². The fourth-order valence-corrected chi connectivity index (χ4v) is 2.66. The molecule has 0 fully saturated rings. The number of hydrogen-bond donors (Lipinski definition) is 2. The van der Waals surface area contributed by atoms with Crippen molar-refractivity contribution < 1.29 is 5.11 Å². The Hall–Kier alpha value is -1.02. The topological polar surface area (TPSA) is 46.2 Å². The molecule has 0 aliphatic heterocycles. The van der Waals surface area contributed by atoms with E-state index in [-0.39, 0.29) is 0 Å². The van der Waals surface area contributed by atoms with Gasteiger partial charge < -0.3 is 10.8 Å². The predicted molar refractivity (Wildman–Crippen MR) is 71.4 cm³/mol. The summed E-state index contributed by atoms with van der Waals surface area (Å²) in [6.07, 6.45) is 9.25. The van der Waals surface area contributed by atoms with Crippen LogP contribution in [0.4, 0.5) is 0 Å². The Bertz CT molecular complexity index is 373. The smallest absolute Gasteiger partial charge is 0.119 e. The van der Waals surface area contributed by atoms with Gasteiger partial charge in [0.2, 0.25) is 0 Å². The van der Waals surface area contributed by atoms with Gasteiger partial charge in [-0.2, -0.15) is 0 Å². The lowest BCUT2D eigenvalue weighted by atomic mass is 9.96. The van der Waals surface area contributed by atoms with Gasteiger partial charge in [-0.25, -0.2) is 0 Å². The van der Waals surface area contributed by atoms with Crippen molar-refractivity contribution in [1.29, 1.82) is 0 Å². The molecule has 1 aliphatic rings. The van der Waals surface area contributed by atoms with Crippen LogP contribution in [0.3, 0.4) is 0 Å². The molecule has 0 unspecified atom stereocenters. The zero-order chi connectivity index (χ0) is 12.1. The predicted octanol–water partition coefficient (Wildman–Crippen LogP) is 2.94. The molecule has 94 valence electrons. The fourth-order valence-electron chi connectivity index (χ4n) is 2.66. The Morgan fingerprint density at radius 1 is 1.00 bits per heavy atom. The standard InChI is InChI=1S/C15H23NO/c16-9-5-4-8-14-10-12-6-2-1-3-7-13(12)11-15(14)17/h10-11,17H,1-9,16H2.